The zero-order valence-electron chi connectivity index (χ0n) is 12.7. The third kappa shape index (κ3) is 3.40. The predicted molar refractivity (Wildman–Crippen MR) is 95.5 cm³/mol. The van der Waals surface area contributed by atoms with Crippen LogP contribution in [0.4, 0.5) is 5.82 Å². The molecule has 6 nitrogen and oxygen atoms in total. The van der Waals surface area contributed by atoms with Crippen LogP contribution in [0.3, 0.4) is 0 Å². The fourth-order valence-electron chi connectivity index (χ4n) is 2.54. The van der Waals surface area contributed by atoms with E-state index in [1.807, 2.05) is 24.4 Å². The van der Waals surface area contributed by atoms with Crippen molar-refractivity contribution in [2.75, 3.05) is 31.7 Å². The van der Waals surface area contributed by atoms with Gasteiger partial charge in [-0.2, -0.15) is 5.10 Å². The summed E-state index contributed by atoms with van der Waals surface area (Å²) in [4.78, 5) is 4.64. The number of nitrogens with zero attached hydrogens (tertiary/aromatic N) is 3. The lowest BCUT2D eigenvalue weighted by Gasteiger charge is -2.11. The summed E-state index contributed by atoms with van der Waals surface area (Å²) in [5.74, 6) is 1.50. The molecule has 1 aliphatic heterocycles. The molecule has 3 aromatic rings. The number of hydrogen-bond acceptors (Lipinski definition) is 5. The first-order valence-electron chi connectivity index (χ1n) is 7.39. The van der Waals surface area contributed by atoms with Crippen molar-refractivity contribution >= 4 is 35.5 Å². The van der Waals surface area contributed by atoms with Gasteiger partial charge < -0.3 is 14.8 Å². The van der Waals surface area contributed by atoms with E-state index in [1.54, 1.807) is 16.8 Å². The van der Waals surface area contributed by atoms with Gasteiger partial charge in [0.05, 0.1) is 19.4 Å². The second-order valence-corrected chi connectivity index (χ2v) is 5.64. The van der Waals surface area contributed by atoms with E-state index in [0.717, 1.165) is 22.6 Å². The number of fused-ring (bicyclic) bond motifs is 4. The Bertz CT molecular complexity index is 853. The number of halogens is 2. The van der Waals surface area contributed by atoms with E-state index >= 15 is 0 Å². The largest absolute Gasteiger partial charge is 0.491 e. The second-order valence-electron chi connectivity index (χ2n) is 5.20. The quantitative estimate of drug-likeness (QED) is 0.661. The predicted octanol–water partition coefficient (Wildman–Crippen LogP) is 3.29. The summed E-state index contributed by atoms with van der Waals surface area (Å²) in [6.45, 7) is 2.27. The van der Waals surface area contributed by atoms with Crippen LogP contribution < -0.4 is 10.1 Å². The second kappa shape index (κ2) is 7.25. The van der Waals surface area contributed by atoms with Gasteiger partial charge in [-0.25, -0.2) is 9.50 Å². The molecule has 0 amide bonds. The first kappa shape index (κ1) is 16.8. The zero-order valence-corrected chi connectivity index (χ0v) is 14.3. The van der Waals surface area contributed by atoms with E-state index in [9.17, 15) is 0 Å². The molecule has 0 unspecified atom stereocenters. The topological polar surface area (TPSA) is 60.7 Å². The van der Waals surface area contributed by atoms with Crippen LogP contribution in [0.1, 0.15) is 0 Å². The van der Waals surface area contributed by atoms with Crippen LogP contribution >= 0.6 is 24.0 Å². The van der Waals surface area contributed by atoms with Crippen LogP contribution in [0, 0.1) is 0 Å². The molecule has 0 radical (unpaired) electrons. The molecule has 0 fully saturated rings. The van der Waals surface area contributed by atoms with Crippen molar-refractivity contribution in [2.24, 2.45) is 0 Å². The van der Waals surface area contributed by atoms with E-state index in [4.69, 9.17) is 21.1 Å². The molecular weight excluding hydrogens is 351 g/mol. The fraction of sp³-hybridized carbons (Fsp3) is 0.250. The normalized spacial score (nSPS) is 14.4. The Kier molecular flexibility index (Phi) is 5.08. The average molecular weight is 367 g/mol. The van der Waals surface area contributed by atoms with Crippen LogP contribution in [0.5, 0.6) is 5.75 Å². The summed E-state index contributed by atoms with van der Waals surface area (Å²) in [7, 11) is 0. The fourth-order valence-corrected chi connectivity index (χ4v) is 2.77. The number of benzene rings is 1. The molecular formula is C16H16Cl2N4O2. The monoisotopic (exact) mass is 366 g/mol. The first-order chi connectivity index (χ1) is 11.3. The summed E-state index contributed by atoms with van der Waals surface area (Å²) in [6.07, 6.45) is 3.67. The Balaban J connectivity index is 0.00000169. The summed E-state index contributed by atoms with van der Waals surface area (Å²) >= 11 is 6.23. The maximum atomic E-state index is 6.23. The highest BCUT2D eigenvalue weighted by Crippen LogP contribution is 2.31. The molecule has 4 bridgehead atoms. The Morgan fingerprint density at radius 1 is 1.17 bits per heavy atom. The number of ether oxygens (including phenoxy) is 2. The molecule has 0 saturated heterocycles. The number of anilines is 1. The minimum Gasteiger partial charge on any atom is -0.491 e. The van der Waals surface area contributed by atoms with Gasteiger partial charge in [0.25, 0.3) is 0 Å². The van der Waals surface area contributed by atoms with Crippen molar-refractivity contribution in [3.05, 3.63) is 41.7 Å². The van der Waals surface area contributed by atoms with Crippen molar-refractivity contribution in [3.63, 3.8) is 0 Å². The van der Waals surface area contributed by atoms with Crippen molar-refractivity contribution in [3.8, 4) is 16.9 Å². The molecule has 1 aromatic carbocycles. The van der Waals surface area contributed by atoms with Crippen molar-refractivity contribution in [2.45, 2.75) is 0 Å². The van der Waals surface area contributed by atoms with Gasteiger partial charge in [0.1, 0.15) is 18.2 Å². The van der Waals surface area contributed by atoms with Gasteiger partial charge in [-0.05, 0) is 29.8 Å². The maximum Gasteiger partial charge on any atom is 0.165 e. The van der Waals surface area contributed by atoms with E-state index in [1.165, 1.54) is 0 Å². The summed E-state index contributed by atoms with van der Waals surface area (Å²) < 4.78 is 13.0. The highest BCUT2D eigenvalue weighted by atomic mass is 35.5. The average Bonchev–Trinajstić information content (AvgIpc) is 2.96. The van der Waals surface area contributed by atoms with Gasteiger partial charge in [-0.15, -0.1) is 12.4 Å². The molecule has 1 N–H and O–H groups in total. The van der Waals surface area contributed by atoms with Gasteiger partial charge in [-0.3, -0.25) is 0 Å². The molecule has 0 saturated carbocycles. The third-order valence-corrected chi connectivity index (χ3v) is 3.82. The van der Waals surface area contributed by atoms with Gasteiger partial charge >= 0.3 is 0 Å². The Labute approximate surface area is 150 Å². The van der Waals surface area contributed by atoms with Crippen molar-refractivity contribution in [1.29, 1.82) is 0 Å². The highest BCUT2D eigenvalue weighted by molar-refractivity contribution is 6.31. The van der Waals surface area contributed by atoms with Crippen LogP contribution in [-0.2, 0) is 4.74 Å². The van der Waals surface area contributed by atoms with Gasteiger partial charge in [0.15, 0.2) is 5.65 Å². The van der Waals surface area contributed by atoms with Crippen LogP contribution in [0.25, 0.3) is 16.8 Å². The SMILES string of the molecule is Cl.Clc1cc2cc(c1)-c1cnn3ccc(nc13)NCCOCCO2. The highest BCUT2D eigenvalue weighted by Gasteiger charge is 2.12. The zero-order chi connectivity index (χ0) is 15.6. The smallest absolute Gasteiger partial charge is 0.165 e. The first-order valence-corrected chi connectivity index (χ1v) is 7.77. The van der Waals surface area contributed by atoms with Crippen molar-refractivity contribution < 1.29 is 9.47 Å². The van der Waals surface area contributed by atoms with E-state index in [-0.39, 0.29) is 12.4 Å². The lowest BCUT2D eigenvalue weighted by atomic mass is 10.1. The summed E-state index contributed by atoms with van der Waals surface area (Å²) in [5.41, 5.74) is 2.60. The Morgan fingerprint density at radius 2 is 2.08 bits per heavy atom. The van der Waals surface area contributed by atoms with Gasteiger partial charge in [0.2, 0.25) is 0 Å². The number of nitrogens with one attached hydrogen (secondary N) is 1. The molecule has 0 aliphatic carbocycles. The minimum absolute atomic E-state index is 0. The summed E-state index contributed by atoms with van der Waals surface area (Å²) in [5, 5.41) is 8.21. The van der Waals surface area contributed by atoms with Gasteiger partial charge in [-0.1, -0.05) is 11.6 Å². The Hall–Kier alpha value is -2.02. The molecule has 0 spiro atoms. The molecule has 1 aliphatic rings. The standard InChI is InChI=1S/C16H15ClN4O2.ClH/c17-12-7-11-8-13(9-12)23-6-5-22-4-2-18-15-1-3-21-16(20-15)14(11)10-19-21;/h1,3,7-10H,2,4-6H2,(H,18,20);1H. The van der Waals surface area contributed by atoms with E-state index in [2.05, 4.69) is 15.4 Å². The molecule has 2 aromatic heterocycles. The molecule has 0 atom stereocenters. The lowest BCUT2D eigenvalue weighted by molar-refractivity contribution is 0.107. The van der Waals surface area contributed by atoms with Gasteiger partial charge in [0, 0.05) is 23.3 Å². The third-order valence-electron chi connectivity index (χ3n) is 3.60. The van der Waals surface area contributed by atoms with Crippen LogP contribution in [-0.4, -0.2) is 41.0 Å². The van der Waals surface area contributed by atoms with E-state index in [0.29, 0.717) is 37.1 Å². The van der Waals surface area contributed by atoms with E-state index < -0.39 is 0 Å². The summed E-state index contributed by atoms with van der Waals surface area (Å²) in [6, 6.07) is 7.51. The number of aromatic nitrogens is 3. The number of rotatable bonds is 0. The molecule has 24 heavy (non-hydrogen) atoms. The molecule has 4 rings (SSSR count). The molecule has 126 valence electrons. The van der Waals surface area contributed by atoms with Crippen molar-refractivity contribution in [1.82, 2.24) is 14.6 Å². The molecule has 8 heteroatoms. The number of hydrogen-bond donors (Lipinski definition) is 1. The van der Waals surface area contributed by atoms with Crippen LogP contribution in [0.15, 0.2) is 36.7 Å². The lowest BCUT2D eigenvalue weighted by Crippen LogP contribution is -2.14. The molecule has 3 heterocycles. The maximum absolute atomic E-state index is 6.23. The minimum atomic E-state index is 0. The Morgan fingerprint density at radius 3 is 3.00 bits per heavy atom. The van der Waals surface area contributed by atoms with Crippen LogP contribution in [0.2, 0.25) is 5.02 Å².